The van der Waals surface area contributed by atoms with E-state index in [1.807, 2.05) is 6.92 Å². The summed E-state index contributed by atoms with van der Waals surface area (Å²) in [7, 11) is -3.81. The maximum absolute atomic E-state index is 13.3. The van der Waals surface area contributed by atoms with Crippen LogP contribution in [0.5, 0.6) is 0 Å². The van der Waals surface area contributed by atoms with E-state index < -0.39 is 16.1 Å². The van der Waals surface area contributed by atoms with E-state index in [1.54, 1.807) is 23.1 Å². The van der Waals surface area contributed by atoms with E-state index in [0.717, 1.165) is 24.1 Å². The Hall–Kier alpha value is -1.97. The number of fused-ring (bicyclic) bond motifs is 1. The van der Waals surface area contributed by atoms with Crippen LogP contribution in [-0.4, -0.2) is 62.4 Å². The van der Waals surface area contributed by atoms with Crippen molar-refractivity contribution in [1.82, 2.24) is 9.62 Å². The molecule has 3 aliphatic rings. The molecule has 0 saturated carbocycles. The molecule has 3 aliphatic heterocycles. The van der Waals surface area contributed by atoms with Crippen molar-refractivity contribution in [2.75, 3.05) is 24.6 Å². The average molecular weight is 436 g/mol. The number of sulfonamides is 1. The molecule has 30 heavy (non-hydrogen) atoms. The third-order valence-corrected chi connectivity index (χ3v) is 8.15. The summed E-state index contributed by atoms with van der Waals surface area (Å²) < 4.78 is 33.5. The Morgan fingerprint density at radius 3 is 2.73 bits per heavy atom. The lowest BCUT2D eigenvalue weighted by Crippen LogP contribution is -2.47. The van der Waals surface area contributed by atoms with Gasteiger partial charge in [-0.2, -0.15) is 4.31 Å². The van der Waals surface area contributed by atoms with Gasteiger partial charge in [-0.1, -0.05) is 0 Å². The normalized spacial score (nSPS) is 26.7. The van der Waals surface area contributed by atoms with Crippen LogP contribution >= 0.6 is 0 Å². The molecule has 2 amide bonds. The van der Waals surface area contributed by atoms with Crippen molar-refractivity contribution in [2.45, 2.75) is 69.0 Å². The SMILES string of the molecule is CC(=O)N1c2ccc(S(=O)(=O)N3CCCC3C(=O)NCC3CCCO3)cc2CC1C. The summed E-state index contributed by atoms with van der Waals surface area (Å²) in [5.74, 6) is -0.316. The molecule has 0 aromatic heterocycles. The lowest BCUT2D eigenvalue weighted by atomic mass is 10.1. The lowest BCUT2D eigenvalue weighted by molar-refractivity contribution is -0.124. The number of hydrogen-bond donors (Lipinski definition) is 1. The van der Waals surface area contributed by atoms with Gasteiger partial charge in [0.25, 0.3) is 0 Å². The Bertz CT molecular complexity index is 942. The van der Waals surface area contributed by atoms with Gasteiger partial charge >= 0.3 is 0 Å². The third kappa shape index (κ3) is 3.86. The van der Waals surface area contributed by atoms with Gasteiger partial charge in [0.2, 0.25) is 21.8 Å². The standard InChI is InChI=1S/C21H29N3O5S/c1-14-11-16-12-18(7-8-19(16)24(14)15(2)25)30(27,28)23-9-3-6-20(23)21(26)22-13-17-5-4-10-29-17/h7-8,12,14,17,20H,3-6,9-11,13H2,1-2H3,(H,22,26). The van der Waals surface area contributed by atoms with Crippen molar-refractivity contribution < 1.29 is 22.7 Å². The van der Waals surface area contributed by atoms with Gasteiger partial charge in [-0.25, -0.2) is 8.42 Å². The largest absolute Gasteiger partial charge is 0.376 e. The second kappa shape index (κ2) is 8.28. The number of benzene rings is 1. The summed E-state index contributed by atoms with van der Waals surface area (Å²) in [5.41, 5.74) is 1.61. The molecule has 0 spiro atoms. The van der Waals surface area contributed by atoms with E-state index in [9.17, 15) is 18.0 Å². The molecule has 1 aromatic carbocycles. The van der Waals surface area contributed by atoms with E-state index in [1.165, 1.54) is 11.2 Å². The molecule has 1 aromatic rings. The maximum atomic E-state index is 13.3. The highest BCUT2D eigenvalue weighted by molar-refractivity contribution is 7.89. The molecule has 0 radical (unpaired) electrons. The number of nitrogens with zero attached hydrogens (tertiary/aromatic N) is 2. The summed E-state index contributed by atoms with van der Waals surface area (Å²) in [4.78, 5) is 26.5. The molecule has 3 heterocycles. The van der Waals surface area contributed by atoms with Gasteiger partial charge in [0.1, 0.15) is 6.04 Å². The zero-order chi connectivity index (χ0) is 21.5. The Labute approximate surface area is 177 Å². The number of carbonyl (C=O) groups excluding carboxylic acids is 2. The minimum Gasteiger partial charge on any atom is -0.376 e. The van der Waals surface area contributed by atoms with Crippen LogP contribution in [0.1, 0.15) is 45.1 Å². The summed E-state index contributed by atoms with van der Waals surface area (Å²) in [6.45, 7) is 4.92. The molecule has 9 heteroatoms. The highest BCUT2D eigenvalue weighted by Crippen LogP contribution is 2.35. The highest BCUT2D eigenvalue weighted by atomic mass is 32.2. The van der Waals surface area contributed by atoms with Crippen LogP contribution in [-0.2, 0) is 30.8 Å². The number of amides is 2. The number of hydrogen-bond acceptors (Lipinski definition) is 5. The number of rotatable bonds is 5. The van der Waals surface area contributed by atoms with Crippen molar-refractivity contribution in [3.63, 3.8) is 0 Å². The van der Waals surface area contributed by atoms with Crippen LogP contribution in [0.3, 0.4) is 0 Å². The van der Waals surface area contributed by atoms with Crippen LogP contribution in [0.2, 0.25) is 0 Å². The Morgan fingerprint density at radius 2 is 2.03 bits per heavy atom. The monoisotopic (exact) mass is 435 g/mol. The minimum absolute atomic E-state index is 0.00132. The summed E-state index contributed by atoms with van der Waals surface area (Å²) in [5, 5.41) is 2.87. The first-order valence-corrected chi connectivity index (χ1v) is 12.1. The van der Waals surface area contributed by atoms with E-state index in [2.05, 4.69) is 5.32 Å². The van der Waals surface area contributed by atoms with Crippen molar-refractivity contribution in [2.24, 2.45) is 0 Å². The first-order valence-electron chi connectivity index (χ1n) is 10.6. The molecule has 4 rings (SSSR count). The number of ether oxygens (including phenoxy) is 1. The Balaban J connectivity index is 1.52. The van der Waals surface area contributed by atoms with Crippen LogP contribution in [0, 0.1) is 0 Å². The molecule has 2 fully saturated rings. The molecule has 1 N–H and O–H groups in total. The molecule has 3 atom stereocenters. The average Bonchev–Trinajstić information content (AvgIpc) is 3.43. The highest BCUT2D eigenvalue weighted by Gasteiger charge is 2.40. The minimum atomic E-state index is -3.81. The van der Waals surface area contributed by atoms with Crippen LogP contribution in [0.15, 0.2) is 23.1 Å². The maximum Gasteiger partial charge on any atom is 0.243 e. The van der Waals surface area contributed by atoms with Crippen molar-refractivity contribution in [3.05, 3.63) is 23.8 Å². The van der Waals surface area contributed by atoms with Crippen LogP contribution in [0.4, 0.5) is 5.69 Å². The molecule has 8 nitrogen and oxygen atoms in total. The second-order valence-corrected chi connectivity index (χ2v) is 10.3. The molecule has 0 aliphatic carbocycles. The molecule has 164 valence electrons. The van der Waals surface area contributed by atoms with Gasteiger partial charge in [0, 0.05) is 38.3 Å². The van der Waals surface area contributed by atoms with Crippen LogP contribution < -0.4 is 10.2 Å². The van der Waals surface area contributed by atoms with Gasteiger partial charge < -0.3 is 15.0 Å². The van der Waals surface area contributed by atoms with Gasteiger partial charge in [-0.15, -0.1) is 0 Å². The van der Waals surface area contributed by atoms with Crippen molar-refractivity contribution in [1.29, 1.82) is 0 Å². The van der Waals surface area contributed by atoms with E-state index in [4.69, 9.17) is 4.74 Å². The van der Waals surface area contributed by atoms with E-state index in [0.29, 0.717) is 39.0 Å². The summed E-state index contributed by atoms with van der Waals surface area (Å²) in [6.07, 6.45) is 3.70. The molecular weight excluding hydrogens is 406 g/mol. The summed E-state index contributed by atoms with van der Waals surface area (Å²) >= 11 is 0. The first-order chi connectivity index (χ1) is 14.3. The van der Waals surface area contributed by atoms with Gasteiger partial charge in [-0.3, -0.25) is 9.59 Å². The fraction of sp³-hybridized carbons (Fsp3) is 0.619. The Morgan fingerprint density at radius 1 is 1.23 bits per heavy atom. The smallest absolute Gasteiger partial charge is 0.243 e. The fourth-order valence-electron chi connectivity index (χ4n) is 4.81. The quantitative estimate of drug-likeness (QED) is 0.755. The molecule has 0 bridgehead atoms. The third-order valence-electron chi connectivity index (χ3n) is 6.25. The van der Waals surface area contributed by atoms with Crippen molar-refractivity contribution in [3.8, 4) is 0 Å². The molecule has 2 saturated heterocycles. The second-order valence-electron chi connectivity index (χ2n) is 8.39. The predicted octanol–water partition coefficient (Wildman–Crippen LogP) is 1.43. The zero-order valence-corrected chi connectivity index (χ0v) is 18.3. The first kappa shape index (κ1) is 21.3. The molecule has 3 unspecified atom stereocenters. The molecular formula is C21H29N3O5S. The summed E-state index contributed by atoms with van der Waals surface area (Å²) in [6, 6.07) is 4.21. The Kier molecular flexibility index (Phi) is 5.87. The van der Waals surface area contributed by atoms with Gasteiger partial charge in [0.05, 0.1) is 11.0 Å². The van der Waals surface area contributed by atoms with E-state index in [-0.39, 0.29) is 28.9 Å². The zero-order valence-electron chi connectivity index (χ0n) is 17.5. The van der Waals surface area contributed by atoms with E-state index >= 15 is 0 Å². The van der Waals surface area contributed by atoms with Crippen LogP contribution in [0.25, 0.3) is 0 Å². The van der Waals surface area contributed by atoms with Gasteiger partial charge in [0.15, 0.2) is 0 Å². The fourth-order valence-corrected chi connectivity index (χ4v) is 6.52. The van der Waals surface area contributed by atoms with Crippen molar-refractivity contribution >= 4 is 27.5 Å². The number of anilines is 1. The topological polar surface area (TPSA) is 96.0 Å². The van der Waals surface area contributed by atoms with Gasteiger partial charge in [-0.05, 0) is 62.8 Å². The number of nitrogens with one attached hydrogen (secondary N) is 1. The lowest BCUT2D eigenvalue weighted by Gasteiger charge is -2.24. The predicted molar refractivity (Wildman–Crippen MR) is 112 cm³/mol. The number of carbonyl (C=O) groups is 2.